The van der Waals surface area contributed by atoms with Gasteiger partial charge in [-0.15, -0.1) is 0 Å². The Kier molecular flexibility index (Phi) is 2.26. The average Bonchev–Trinajstić information content (AvgIpc) is 2.03. The molecule has 2 heteroatoms. The van der Waals surface area contributed by atoms with E-state index in [1.54, 1.807) is 0 Å². The summed E-state index contributed by atoms with van der Waals surface area (Å²) in [6.07, 6.45) is 3.19. The first-order valence-electron chi connectivity index (χ1n) is 4.90. The number of benzene rings is 1. The molecule has 1 fully saturated rings. The highest BCUT2D eigenvalue weighted by Gasteiger charge is 2.38. The quantitative estimate of drug-likeness (QED) is 0.691. The van der Waals surface area contributed by atoms with Gasteiger partial charge >= 0.3 is 0 Å². The Morgan fingerprint density at radius 2 is 1.92 bits per heavy atom. The van der Waals surface area contributed by atoms with Crippen molar-refractivity contribution in [3.8, 4) is 0 Å². The Hall–Kier alpha value is -0.603. The van der Waals surface area contributed by atoms with Crippen LogP contribution >= 0.6 is 0 Å². The lowest BCUT2D eigenvalue weighted by atomic mass is 9.77. The van der Waals surface area contributed by atoms with Crippen molar-refractivity contribution in [3.63, 3.8) is 0 Å². The van der Waals surface area contributed by atoms with Gasteiger partial charge in [0.1, 0.15) is 0 Å². The average molecular weight is 192 g/mol. The molecule has 1 N–H and O–H groups in total. The van der Waals surface area contributed by atoms with E-state index < -0.39 is 0 Å². The number of aliphatic hydroxyl groups is 1. The SMILES string of the molecule is OC1CC([SiH3])(Cc2ccccc2)C1. The highest BCUT2D eigenvalue weighted by molar-refractivity contribution is 6.16. The Morgan fingerprint density at radius 3 is 2.46 bits per heavy atom. The Labute approximate surface area is 82.2 Å². The smallest absolute Gasteiger partial charge is 0.0545 e. The van der Waals surface area contributed by atoms with E-state index in [0.29, 0.717) is 5.04 Å². The van der Waals surface area contributed by atoms with E-state index in [1.165, 1.54) is 15.8 Å². The third-order valence-electron chi connectivity index (χ3n) is 2.93. The topological polar surface area (TPSA) is 20.2 Å². The number of rotatable bonds is 2. The van der Waals surface area contributed by atoms with Crippen LogP contribution in [0.15, 0.2) is 30.3 Å². The first kappa shape index (κ1) is 8.97. The summed E-state index contributed by atoms with van der Waals surface area (Å²) in [6.45, 7) is 0. The van der Waals surface area contributed by atoms with Crippen LogP contribution in [0.2, 0.25) is 5.04 Å². The highest BCUT2D eigenvalue weighted by atomic mass is 28.1. The molecule has 1 aliphatic carbocycles. The van der Waals surface area contributed by atoms with Crippen molar-refractivity contribution in [2.45, 2.75) is 30.4 Å². The van der Waals surface area contributed by atoms with Gasteiger partial charge in [-0.1, -0.05) is 30.3 Å². The molecule has 0 amide bonds. The van der Waals surface area contributed by atoms with Crippen LogP contribution in [-0.2, 0) is 6.42 Å². The molecule has 0 aliphatic heterocycles. The molecular formula is C11H16OSi. The van der Waals surface area contributed by atoms with Crippen molar-refractivity contribution in [1.29, 1.82) is 0 Å². The minimum absolute atomic E-state index is 0.0128. The molecule has 70 valence electrons. The molecule has 0 unspecified atom stereocenters. The molecule has 1 aromatic rings. The predicted octanol–water partition coefficient (Wildman–Crippen LogP) is 0.908. The fraction of sp³-hybridized carbons (Fsp3) is 0.455. The van der Waals surface area contributed by atoms with Gasteiger partial charge in [0.25, 0.3) is 0 Å². The maximum Gasteiger partial charge on any atom is 0.0545 e. The maximum absolute atomic E-state index is 9.28. The van der Waals surface area contributed by atoms with E-state index in [0.717, 1.165) is 19.3 Å². The molecule has 0 radical (unpaired) electrons. The van der Waals surface area contributed by atoms with Gasteiger partial charge in [-0.3, -0.25) is 0 Å². The summed E-state index contributed by atoms with van der Waals surface area (Å²) in [7, 11) is 1.20. The van der Waals surface area contributed by atoms with Gasteiger partial charge in [0.05, 0.1) is 6.10 Å². The Balaban J connectivity index is 1.99. The van der Waals surface area contributed by atoms with Crippen LogP contribution in [0.3, 0.4) is 0 Å². The van der Waals surface area contributed by atoms with Crippen LogP contribution in [0.25, 0.3) is 0 Å². The molecule has 1 aromatic carbocycles. The summed E-state index contributed by atoms with van der Waals surface area (Å²) in [5, 5.41) is 9.77. The van der Waals surface area contributed by atoms with Crippen LogP contribution in [0.1, 0.15) is 18.4 Å². The summed E-state index contributed by atoms with van der Waals surface area (Å²) in [5.41, 5.74) is 1.42. The Bertz CT molecular complexity index is 277. The van der Waals surface area contributed by atoms with Crippen molar-refractivity contribution >= 4 is 10.2 Å². The first-order chi connectivity index (χ1) is 6.18. The minimum atomic E-state index is -0.0128. The van der Waals surface area contributed by atoms with E-state index in [4.69, 9.17) is 0 Å². The standard InChI is InChI=1S/C11H16OSi/c12-10-7-11(13,8-10)6-9-4-2-1-3-5-9/h1-5,10,12H,6-8H2,13H3. The van der Waals surface area contributed by atoms with Gasteiger partial charge in [0.2, 0.25) is 0 Å². The molecule has 0 bridgehead atoms. The molecule has 0 aromatic heterocycles. The van der Waals surface area contributed by atoms with Gasteiger partial charge in [0, 0.05) is 10.2 Å². The van der Waals surface area contributed by atoms with E-state index in [9.17, 15) is 5.11 Å². The van der Waals surface area contributed by atoms with E-state index >= 15 is 0 Å². The van der Waals surface area contributed by atoms with Crippen molar-refractivity contribution in [3.05, 3.63) is 35.9 Å². The zero-order valence-corrected chi connectivity index (χ0v) is 10.0. The van der Waals surface area contributed by atoms with Crippen LogP contribution in [0, 0.1) is 0 Å². The summed E-state index contributed by atoms with van der Waals surface area (Å²) in [4.78, 5) is 0. The predicted molar refractivity (Wildman–Crippen MR) is 58.0 cm³/mol. The zero-order chi connectivity index (χ0) is 9.31. The highest BCUT2D eigenvalue weighted by Crippen LogP contribution is 2.47. The molecule has 1 aliphatic rings. The second-order valence-corrected chi connectivity index (χ2v) is 6.66. The number of aliphatic hydroxyl groups excluding tert-OH is 1. The van der Waals surface area contributed by atoms with Crippen molar-refractivity contribution < 1.29 is 5.11 Å². The van der Waals surface area contributed by atoms with E-state index in [-0.39, 0.29) is 6.10 Å². The molecule has 2 rings (SSSR count). The number of hydrogen-bond donors (Lipinski definition) is 1. The van der Waals surface area contributed by atoms with E-state index in [1.807, 2.05) is 0 Å². The molecule has 0 spiro atoms. The normalized spacial score (nSPS) is 32.8. The monoisotopic (exact) mass is 192 g/mol. The largest absolute Gasteiger partial charge is 0.393 e. The fourth-order valence-electron chi connectivity index (χ4n) is 2.31. The van der Waals surface area contributed by atoms with E-state index in [2.05, 4.69) is 30.3 Å². The third kappa shape index (κ3) is 2.01. The van der Waals surface area contributed by atoms with Crippen molar-refractivity contribution in [2.24, 2.45) is 0 Å². The zero-order valence-electron chi connectivity index (χ0n) is 8.03. The minimum Gasteiger partial charge on any atom is -0.393 e. The van der Waals surface area contributed by atoms with Crippen molar-refractivity contribution in [1.82, 2.24) is 0 Å². The second-order valence-electron chi connectivity index (χ2n) is 4.54. The van der Waals surface area contributed by atoms with Crippen LogP contribution in [-0.4, -0.2) is 21.5 Å². The number of hydrogen-bond acceptors (Lipinski definition) is 1. The Morgan fingerprint density at radius 1 is 1.31 bits per heavy atom. The molecule has 1 nitrogen and oxygen atoms in total. The molecule has 13 heavy (non-hydrogen) atoms. The first-order valence-corrected chi connectivity index (χ1v) is 5.90. The van der Waals surface area contributed by atoms with Gasteiger partial charge in [-0.25, -0.2) is 0 Å². The molecule has 0 atom stereocenters. The summed E-state index contributed by atoms with van der Waals surface area (Å²) in [5.74, 6) is 0. The molecule has 0 heterocycles. The fourth-order valence-corrected chi connectivity index (χ4v) is 3.66. The molecule has 1 saturated carbocycles. The van der Waals surface area contributed by atoms with Crippen LogP contribution in [0.5, 0.6) is 0 Å². The molecule has 0 saturated heterocycles. The van der Waals surface area contributed by atoms with Gasteiger partial charge < -0.3 is 5.11 Å². The second kappa shape index (κ2) is 3.27. The molecular weight excluding hydrogens is 176 g/mol. The van der Waals surface area contributed by atoms with Crippen LogP contribution < -0.4 is 0 Å². The maximum atomic E-state index is 9.28. The van der Waals surface area contributed by atoms with Gasteiger partial charge in [0.15, 0.2) is 0 Å². The lowest BCUT2D eigenvalue weighted by Gasteiger charge is -2.43. The van der Waals surface area contributed by atoms with Crippen molar-refractivity contribution in [2.75, 3.05) is 0 Å². The lowest BCUT2D eigenvalue weighted by molar-refractivity contribution is 0.0534. The summed E-state index contributed by atoms with van der Waals surface area (Å²) < 4.78 is 0. The summed E-state index contributed by atoms with van der Waals surface area (Å²) in [6, 6.07) is 10.6. The van der Waals surface area contributed by atoms with Crippen LogP contribution in [0.4, 0.5) is 0 Å². The van der Waals surface area contributed by atoms with Gasteiger partial charge in [-0.2, -0.15) is 0 Å². The summed E-state index contributed by atoms with van der Waals surface area (Å²) >= 11 is 0. The lowest BCUT2D eigenvalue weighted by Crippen LogP contribution is -2.36. The third-order valence-corrected chi connectivity index (χ3v) is 4.10. The van der Waals surface area contributed by atoms with Gasteiger partial charge in [-0.05, 0) is 29.9 Å².